The van der Waals surface area contributed by atoms with Crippen molar-refractivity contribution in [3.05, 3.63) is 66.0 Å². The number of hydrogen-bond acceptors (Lipinski definition) is 5. The molecule has 1 unspecified atom stereocenters. The second kappa shape index (κ2) is 8.23. The van der Waals surface area contributed by atoms with Gasteiger partial charge in [-0.1, -0.05) is 24.3 Å². The zero-order valence-electron chi connectivity index (χ0n) is 18.1. The number of nitrogens with zero attached hydrogens (tertiary/aromatic N) is 1. The number of nitrogen functional groups attached to an aromatic ring is 1. The Hall–Kier alpha value is -3.88. The van der Waals surface area contributed by atoms with E-state index in [1.54, 1.807) is 24.5 Å². The van der Waals surface area contributed by atoms with Crippen LogP contribution in [0.4, 0.5) is 5.69 Å². The Morgan fingerprint density at radius 1 is 1.06 bits per heavy atom. The largest absolute Gasteiger partial charge is 0.399 e. The number of aromatic nitrogens is 2. The molecular weight excluding hydrogens is 420 g/mol. The second-order valence-corrected chi connectivity index (χ2v) is 8.07. The van der Waals surface area contributed by atoms with E-state index in [1.807, 2.05) is 41.8 Å². The lowest BCUT2D eigenvalue weighted by atomic mass is 9.95. The van der Waals surface area contributed by atoms with E-state index in [9.17, 15) is 14.7 Å². The Balaban J connectivity index is 1.71. The maximum absolute atomic E-state index is 13.0. The Morgan fingerprint density at radius 3 is 2.61 bits per heavy atom. The summed E-state index contributed by atoms with van der Waals surface area (Å²) in [5.41, 5.74) is 10.1. The molecule has 1 aliphatic rings. The van der Waals surface area contributed by atoms with E-state index in [0.29, 0.717) is 34.6 Å². The fourth-order valence-electron chi connectivity index (χ4n) is 4.44. The number of para-hydroxylation sites is 1. The normalized spacial score (nSPS) is 15.1. The van der Waals surface area contributed by atoms with Crippen molar-refractivity contribution in [2.24, 2.45) is 0 Å². The third-order valence-electron chi connectivity index (χ3n) is 5.89. The monoisotopic (exact) mass is 444 g/mol. The summed E-state index contributed by atoms with van der Waals surface area (Å²) in [6.45, 7) is 2.82. The zero-order chi connectivity index (χ0) is 23.1. The predicted octanol–water partition coefficient (Wildman–Crippen LogP) is 2.67. The highest BCUT2D eigenvalue weighted by atomic mass is 16.5. The first-order valence-electron chi connectivity index (χ1n) is 10.8. The number of fused-ring (bicyclic) bond motifs is 2. The molecule has 8 heteroatoms. The number of nitrogens with two attached hydrogens (primary N) is 1. The lowest BCUT2D eigenvalue weighted by Gasteiger charge is -2.12. The summed E-state index contributed by atoms with van der Waals surface area (Å²) in [7, 11) is 0. The van der Waals surface area contributed by atoms with Crippen LogP contribution in [0, 0.1) is 0 Å². The van der Waals surface area contributed by atoms with Gasteiger partial charge >= 0.3 is 0 Å². The average molecular weight is 444 g/mol. The number of aromatic amines is 1. The van der Waals surface area contributed by atoms with Crippen molar-refractivity contribution >= 4 is 50.5 Å². The van der Waals surface area contributed by atoms with Crippen LogP contribution in [-0.4, -0.2) is 45.8 Å². The summed E-state index contributed by atoms with van der Waals surface area (Å²) in [6.07, 6.45) is 2.80. The molecule has 2 aromatic heterocycles. The van der Waals surface area contributed by atoms with Crippen LogP contribution >= 0.6 is 0 Å². The van der Waals surface area contributed by atoms with Gasteiger partial charge in [-0.3, -0.25) is 14.9 Å². The van der Waals surface area contributed by atoms with Crippen LogP contribution in [-0.2, 0) is 20.9 Å². The highest BCUT2D eigenvalue weighted by molar-refractivity contribution is 6.50. The van der Waals surface area contributed by atoms with Gasteiger partial charge in [-0.05, 0) is 25.1 Å². The van der Waals surface area contributed by atoms with Crippen molar-refractivity contribution in [2.75, 3.05) is 18.9 Å². The topological polar surface area (TPSA) is 122 Å². The quantitative estimate of drug-likeness (QED) is 0.258. The number of rotatable bonds is 7. The standard InChI is InChI=1S/C25H24N4O4/c1-2-33-13-15(30)11-29-12-19(17-8-7-14(26)9-21(17)29)23-22(24(31)28-25(23)32)18-10-27-20-6-4-3-5-16(18)20/h3-10,12,15,27,30H,2,11,13,26H2,1H3,(H,28,31,32). The second-order valence-electron chi connectivity index (χ2n) is 8.07. The number of amides is 2. The van der Waals surface area contributed by atoms with Gasteiger partial charge in [-0.2, -0.15) is 0 Å². The first-order valence-corrected chi connectivity index (χ1v) is 10.8. The minimum absolute atomic E-state index is 0.191. The molecule has 0 spiro atoms. The summed E-state index contributed by atoms with van der Waals surface area (Å²) in [5.74, 6) is -0.890. The molecule has 2 aromatic carbocycles. The molecule has 1 aliphatic heterocycles. The molecule has 3 heterocycles. The van der Waals surface area contributed by atoms with Gasteiger partial charge in [-0.15, -0.1) is 0 Å². The fraction of sp³-hybridized carbons (Fsp3) is 0.200. The van der Waals surface area contributed by atoms with Gasteiger partial charge in [0.25, 0.3) is 11.8 Å². The van der Waals surface area contributed by atoms with Gasteiger partial charge in [-0.25, -0.2) is 0 Å². The first-order chi connectivity index (χ1) is 16.0. The Bertz CT molecular complexity index is 1430. The van der Waals surface area contributed by atoms with Crippen molar-refractivity contribution in [2.45, 2.75) is 19.6 Å². The van der Waals surface area contributed by atoms with Gasteiger partial charge in [0.15, 0.2) is 0 Å². The Kier molecular flexibility index (Phi) is 5.24. The van der Waals surface area contributed by atoms with Crippen LogP contribution < -0.4 is 11.1 Å². The molecule has 0 saturated carbocycles. The van der Waals surface area contributed by atoms with E-state index in [1.165, 1.54) is 0 Å². The number of benzene rings is 2. The minimum Gasteiger partial charge on any atom is -0.399 e. The van der Waals surface area contributed by atoms with E-state index in [-0.39, 0.29) is 13.2 Å². The van der Waals surface area contributed by atoms with E-state index < -0.39 is 17.9 Å². The molecule has 33 heavy (non-hydrogen) atoms. The molecule has 0 aliphatic carbocycles. The molecule has 5 rings (SSSR count). The van der Waals surface area contributed by atoms with Gasteiger partial charge in [0, 0.05) is 52.1 Å². The van der Waals surface area contributed by atoms with E-state index >= 15 is 0 Å². The lowest BCUT2D eigenvalue weighted by molar-refractivity contribution is -0.122. The summed E-state index contributed by atoms with van der Waals surface area (Å²) in [6, 6.07) is 13.0. The van der Waals surface area contributed by atoms with Crippen molar-refractivity contribution < 1.29 is 19.4 Å². The number of nitrogens with one attached hydrogen (secondary N) is 2. The average Bonchev–Trinajstić information content (AvgIpc) is 3.45. The number of hydrogen-bond donors (Lipinski definition) is 4. The van der Waals surface area contributed by atoms with Crippen LogP contribution in [0.25, 0.3) is 33.0 Å². The molecule has 4 aromatic rings. The van der Waals surface area contributed by atoms with E-state index in [2.05, 4.69) is 10.3 Å². The van der Waals surface area contributed by atoms with Crippen molar-refractivity contribution in [3.63, 3.8) is 0 Å². The molecule has 1 atom stereocenters. The number of imide groups is 1. The summed E-state index contributed by atoms with van der Waals surface area (Å²) in [4.78, 5) is 29.1. The predicted molar refractivity (Wildman–Crippen MR) is 127 cm³/mol. The number of aliphatic hydroxyl groups is 1. The zero-order valence-corrected chi connectivity index (χ0v) is 18.1. The molecule has 5 N–H and O–H groups in total. The molecule has 0 radical (unpaired) electrons. The van der Waals surface area contributed by atoms with Crippen LogP contribution in [0.15, 0.2) is 54.9 Å². The molecule has 2 amide bonds. The number of carbonyl (C=O) groups is 2. The number of aliphatic hydroxyl groups excluding tert-OH is 1. The Labute approximate surface area is 189 Å². The van der Waals surface area contributed by atoms with Gasteiger partial charge < -0.3 is 25.1 Å². The molecule has 0 bridgehead atoms. The molecule has 0 saturated heterocycles. The van der Waals surface area contributed by atoms with Crippen LogP contribution in [0.3, 0.4) is 0 Å². The van der Waals surface area contributed by atoms with Gasteiger partial charge in [0.2, 0.25) is 0 Å². The fourth-order valence-corrected chi connectivity index (χ4v) is 4.44. The smallest absolute Gasteiger partial charge is 0.259 e. The van der Waals surface area contributed by atoms with E-state index in [0.717, 1.165) is 21.8 Å². The van der Waals surface area contributed by atoms with Crippen molar-refractivity contribution in [1.82, 2.24) is 14.9 Å². The highest BCUT2D eigenvalue weighted by Gasteiger charge is 2.35. The number of anilines is 1. The Morgan fingerprint density at radius 2 is 1.82 bits per heavy atom. The molecular formula is C25H24N4O4. The third kappa shape index (κ3) is 3.59. The molecule has 168 valence electrons. The summed E-state index contributed by atoms with van der Waals surface area (Å²) in [5, 5.41) is 14.5. The SMILES string of the molecule is CCOCC(O)Cn1cc(C2=C(c3c[nH]c4ccccc34)C(=O)NC2=O)c2ccc(N)cc21. The molecule has 8 nitrogen and oxygen atoms in total. The number of carbonyl (C=O) groups excluding carboxylic acids is 2. The maximum atomic E-state index is 13.0. The first kappa shape index (κ1) is 21.0. The lowest BCUT2D eigenvalue weighted by Crippen LogP contribution is -2.22. The van der Waals surface area contributed by atoms with Gasteiger partial charge in [0.1, 0.15) is 0 Å². The number of H-pyrrole nitrogens is 1. The summed E-state index contributed by atoms with van der Waals surface area (Å²) >= 11 is 0. The third-order valence-corrected chi connectivity index (χ3v) is 5.89. The van der Waals surface area contributed by atoms with Crippen molar-refractivity contribution in [1.29, 1.82) is 0 Å². The highest BCUT2D eigenvalue weighted by Crippen LogP contribution is 2.38. The van der Waals surface area contributed by atoms with Crippen molar-refractivity contribution in [3.8, 4) is 0 Å². The maximum Gasteiger partial charge on any atom is 0.259 e. The number of ether oxygens (including phenoxy) is 1. The minimum atomic E-state index is -0.740. The van der Waals surface area contributed by atoms with Crippen LogP contribution in [0.1, 0.15) is 18.1 Å². The van der Waals surface area contributed by atoms with Crippen LogP contribution in [0.2, 0.25) is 0 Å². The van der Waals surface area contributed by atoms with Crippen LogP contribution in [0.5, 0.6) is 0 Å². The van der Waals surface area contributed by atoms with Gasteiger partial charge in [0.05, 0.1) is 35.9 Å². The van der Waals surface area contributed by atoms with E-state index in [4.69, 9.17) is 10.5 Å². The summed E-state index contributed by atoms with van der Waals surface area (Å²) < 4.78 is 7.19. The molecule has 0 fully saturated rings.